The maximum Gasteiger partial charge on any atom is 0.142 e. The number of nitrogens with two attached hydrogens (primary N) is 1. The van der Waals surface area contributed by atoms with Gasteiger partial charge in [0.05, 0.1) is 5.02 Å². The average Bonchev–Trinajstić information content (AvgIpc) is 2.34. The average molecular weight is 275 g/mol. The van der Waals surface area contributed by atoms with Gasteiger partial charge in [0.2, 0.25) is 0 Å². The third-order valence-electron chi connectivity index (χ3n) is 2.87. The topological polar surface area (TPSA) is 47.3 Å². The Bertz CT molecular complexity index is 376. The first-order chi connectivity index (χ1) is 8.58. The van der Waals surface area contributed by atoms with Crippen LogP contribution in [0.1, 0.15) is 18.9 Å². The number of hydrogen-bond donors (Lipinski definition) is 2. The van der Waals surface area contributed by atoms with Crippen LogP contribution in [-0.2, 0) is 11.2 Å². The van der Waals surface area contributed by atoms with Gasteiger partial charge in [-0.1, -0.05) is 30.7 Å². The van der Waals surface area contributed by atoms with Crippen molar-refractivity contribution in [2.75, 3.05) is 13.7 Å². The van der Waals surface area contributed by atoms with Crippen molar-refractivity contribution in [2.45, 2.75) is 25.8 Å². The summed E-state index contributed by atoms with van der Waals surface area (Å²) in [5, 5.41) is 0.178. The molecule has 0 spiro atoms. The summed E-state index contributed by atoms with van der Waals surface area (Å²) in [5.41, 5.74) is 3.52. The highest BCUT2D eigenvalue weighted by molar-refractivity contribution is 6.31. The van der Waals surface area contributed by atoms with Crippen molar-refractivity contribution >= 4 is 11.6 Å². The summed E-state index contributed by atoms with van der Waals surface area (Å²) in [6.45, 7) is 2.76. The van der Waals surface area contributed by atoms with Gasteiger partial charge in [-0.3, -0.25) is 11.3 Å². The lowest BCUT2D eigenvalue weighted by atomic mass is 9.97. The van der Waals surface area contributed by atoms with Crippen LogP contribution in [0.4, 0.5) is 4.39 Å². The Balaban J connectivity index is 2.65. The Kier molecular flexibility index (Phi) is 6.57. The van der Waals surface area contributed by atoms with E-state index >= 15 is 0 Å². The van der Waals surface area contributed by atoms with Gasteiger partial charge in [-0.05, 0) is 30.4 Å². The molecule has 0 saturated heterocycles. The molecule has 102 valence electrons. The fourth-order valence-corrected chi connectivity index (χ4v) is 2.22. The first kappa shape index (κ1) is 15.4. The van der Waals surface area contributed by atoms with Gasteiger partial charge >= 0.3 is 0 Å². The van der Waals surface area contributed by atoms with Gasteiger partial charge in [-0.15, -0.1) is 0 Å². The van der Waals surface area contributed by atoms with Crippen molar-refractivity contribution in [3.05, 3.63) is 34.6 Å². The van der Waals surface area contributed by atoms with E-state index in [1.54, 1.807) is 13.2 Å². The van der Waals surface area contributed by atoms with E-state index in [1.807, 2.05) is 6.07 Å². The third kappa shape index (κ3) is 4.53. The predicted molar refractivity (Wildman–Crippen MR) is 71.9 cm³/mol. The zero-order chi connectivity index (χ0) is 13.5. The number of halogens is 2. The van der Waals surface area contributed by atoms with Crippen LogP contribution in [0, 0.1) is 11.7 Å². The van der Waals surface area contributed by atoms with Gasteiger partial charge in [0.1, 0.15) is 5.82 Å². The number of hydrazine groups is 1. The van der Waals surface area contributed by atoms with Crippen LogP contribution in [0.3, 0.4) is 0 Å². The molecule has 5 heteroatoms. The fourth-order valence-electron chi connectivity index (χ4n) is 2.02. The third-order valence-corrected chi connectivity index (χ3v) is 3.29. The standard InChI is InChI=1S/C13H20ClFN2O/c1-9(8-18-2)6-11(17-16)7-10-4-3-5-12(15)13(10)14/h3-5,9,11,17H,6-8,16H2,1-2H3. The van der Waals surface area contributed by atoms with Crippen molar-refractivity contribution in [3.63, 3.8) is 0 Å². The van der Waals surface area contributed by atoms with E-state index in [4.69, 9.17) is 22.2 Å². The number of benzene rings is 1. The summed E-state index contributed by atoms with van der Waals surface area (Å²) < 4.78 is 18.4. The Hall–Kier alpha value is -0.680. The molecule has 0 fully saturated rings. The summed E-state index contributed by atoms with van der Waals surface area (Å²) in [6, 6.07) is 4.87. The summed E-state index contributed by atoms with van der Waals surface area (Å²) in [6.07, 6.45) is 1.44. The lowest BCUT2D eigenvalue weighted by Gasteiger charge is -2.20. The lowest BCUT2D eigenvalue weighted by Crippen LogP contribution is -2.38. The van der Waals surface area contributed by atoms with Gasteiger partial charge in [0, 0.05) is 19.8 Å². The number of ether oxygens (including phenoxy) is 1. The van der Waals surface area contributed by atoms with E-state index < -0.39 is 5.82 Å². The normalized spacial score (nSPS) is 14.5. The lowest BCUT2D eigenvalue weighted by molar-refractivity contribution is 0.149. The molecular formula is C13H20ClFN2O. The van der Waals surface area contributed by atoms with E-state index in [0.717, 1.165) is 12.0 Å². The van der Waals surface area contributed by atoms with Crippen molar-refractivity contribution < 1.29 is 9.13 Å². The van der Waals surface area contributed by atoms with Crippen molar-refractivity contribution in [3.8, 4) is 0 Å². The summed E-state index contributed by atoms with van der Waals surface area (Å²) in [4.78, 5) is 0. The second-order valence-corrected chi connectivity index (χ2v) is 4.95. The number of methoxy groups -OCH3 is 1. The molecule has 0 aliphatic carbocycles. The highest BCUT2D eigenvalue weighted by Gasteiger charge is 2.15. The fraction of sp³-hybridized carbons (Fsp3) is 0.538. The molecule has 2 unspecified atom stereocenters. The molecule has 0 aliphatic heterocycles. The molecule has 0 bridgehead atoms. The molecule has 1 aromatic carbocycles. The summed E-state index contributed by atoms with van der Waals surface area (Å²) >= 11 is 5.92. The van der Waals surface area contributed by atoms with E-state index in [0.29, 0.717) is 18.9 Å². The molecule has 0 aliphatic rings. The number of rotatable bonds is 7. The summed E-state index contributed by atoms with van der Waals surface area (Å²) in [7, 11) is 1.67. The maximum absolute atomic E-state index is 13.3. The minimum atomic E-state index is -0.394. The van der Waals surface area contributed by atoms with Crippen LogP contribution < -0.4 is 11.3 Å². The molecule has 3 nitrogen and oxygen atoms in total. The van der Waals surface area contributed by atoms with Crippen molar-refractivity contribution in [2.24, 2.45) is 11.8 Å². The van der Waals surface area contributed by atoms with Crippen molar-refractivity contribution in [1.29, 1.82) is 0 Å². The zero-order valence-electron chi connectivity index (χ0n) is 10.7. The second kappa shape index (κ2) is 7.69. The first-order valence-electron chi connectivity index (χ1n) is 5.96. The molecule has 0 radical (unpaired) electrons. The summed E-state index contributed by atoms with van der Waals surface area (Å²) in [5.74, 6) is 5.51. The van der Waals surface area contributed by atoms with Crippen LogP contribution in [0.15, 0.2) is 18.2 Å². The molecule has 0 heterocycles. The Morgan fingerprint density at radius 1 is 1.50 bits per heavy atom. The highest BCUT2D eigenvalue weighted by Crippen LogP contribution is 2.22. The predicted octanol–water partition coefficient (Wildman–Crippen LogP) is 2.53. The molecule has 0 amide bonds. The van der Waals surface area contributed by atoms with Crippen LogP contribution >= 0.6 is 11.6 Å². The van der Waals surface area contributed by atoms with Gasteiger partial charge in [0.25, 0.3) is 0 Å². The number of nitrogens with one attached hydrogen (secondary N) is 1. The maximum atomic E-state index is 13.3. The van der Waals surface area contributed by atoms with Gasteiger partial charge in [0.15, 0.2) is 0 Å². The van der Waals surface area contributed by atoms with Crippen LogP contribution in [-0.4, -0.2) is 19.8 Å². The largest absolute Gasteiger partial charge is 0.384 e. The minimum absolute atomic E-state index is 0.0504. The smallest absolute Gasteiger partial charge is 0.142 e. The molecule has 3 N–H and O–H groups in total. The highest BCUT2D eigenvalue weighted by atomic mass is 35.5. The SMILES string of the molecule is COCC(C)CC(Cc1cccc(F)c1Cl)NN. The first-order valence-corrected chi connectivity index (χ1v) is 6.34. The van der Waals surface area contributed by atoms with Gasteiger partial charge in [-0.25, -0.2) is 4.39 Å². The zero-order valence-corrected chi connectivity index (χ0v) is 11.5. The van der Waals surface area contributed by atoms with E-state index in [2.05, 4.69) is 12.3 Å². The van der Waals surface area contributed by atoms with Crippen LogP contribution in [0.25, 0.3) is 0 Å². The Morgan fingerprint density at radius 3 is 2.83 bits per heavy atom. The van der Waals surface area contributed by atoms with Crippen molar-refractivity contribution in [1.82, 2.24) is 5.43 Å². The van der Waals surface area contributed by atoms with E-state index in [1.165, 1.54) is 6.07 Å². The second-order valence-electron chi connectivity index (χ2n) is 4.58. The Labute approximate surface area is 112 Å². The van der Waals surface area contributed by atoms with E-state index in [9.17, 15) is 4.39 Å². The monoisotopic (exact) mass is 274 g/mol. The van der Waals surface area contributed by atoms with Gasteiger partial charge < -0.3 is 4.74 Å². The molecule has 0 aromatic heterocycles. The molecular weight excluding hydrogens is 255 g/mol. The van der Waals surface area contributed by atoms with Crippen LogP contribution in [0.2, 0.25) is 5.02 Å². The molecule has 0 saturated carbocycles. The van der Waals surface area contributed by atoms with E-state index in [-0.39, 0.29) is 11.1 Å². The van der Waals surface area contributed by atoms with Crippen LogP contribution in [0.5, 0.6) is 0 Å². The van der Waals surface area contributed by atoms with Gasteiger partial charge in [-0.2, -0.15) is 0 Å². The molecule has 18 heavy (non-hydrogen) atoms. The Morgan fingerprint density at radius 2 is 2.22 bits per heavy atom. The molecule has 1 rings (SSSR count). The minimum Gasteiger partial charge on any atom is -0.384 e. The number of hydrogen-bond acceptors (Lipinski definition) is 3. The molecule has 2 atom stereocenters. The quantitative estimate of drug-likeness (QED) is 0.593. The molecule has 1 aromatic rings.